The van der Waals surface area contributed by atoms with E-state index in [9.17, 15) is 4.79 Å². The Balaban J connectivity index is 2.78. The number of benzene rings is 1. The Labute approximate surface area is 94.6 Å². The van der Waals surface area contributed by atoms with Gasteiger partial charge in [0.1, 0.15) is 0 Å². The fraction of sp³-hybridized carbons (Fsp3) is 0.364. The summed E-state index contributed by atoms with van der Waals surface area (Å²) in [7, 11) is 0. The number of carbonyl (C=O) groups excluding carboxylic acids is 1. The largest absolute Gasteiger partial charge is 0.398 e. The van der Waals surface area contributed by atoms with Gasteiger partial charge in [-0.05, 0) is 18.1 Å². The molecule has 0 aliphatic rings. The molecule has 1 aromatic carbocycles. The van der Waals surface area contributed by atoms with Gasteiger partial charge in [-0.25, -0.2) is 0 Å². The molecule has 0 aliphatic heterocycles. The average molecular weight is 227 g/mol. The first-order valence-corrected chi connectivity index (χ1v) is 5.22. The number of hydrogen-bond donors (Lipinski definition) is 2. The summed E-state index contributed by atoms with van der Waals surface area (Å²) in [6, 6.07) is 5.04. The maximum atomic E-state index is 11.7. The van der Waals surface area contributed by atoms with E-state index in [2.05, 4.69) is 5.32 Å². The molecule has 0 radical (unpaired) electrons. The number of carbonyl (C=O) groups is 1. The SMILES string of the molecule is CC(C)CNC(=O)c1cccc(N)c1Cl. The van der Waals surface area contributed by atoms with Crippen molar-refractivity contribution in [3.63, 3.8) is 0 Å². The van der Waals surface area contributed by atoms with Crippen molar-refractivity contribution >= 4 is 23.2 Å². The van der Waals surface area contributed by atoms with Crippen LogP contribution in [0.25, 0.3) is 0 Å². The van der Waals surface area contributed by atoms with Crippen LogP contribution in [-0.2, 0) is 0 Å². The molecule has 0 unspecified atom stereocenters. The maximum absolute atomic E-state index is 11.7. The van der Waals surface area contributed by atoms with E-state index >= 15 is 0 Å². The van der Waals surface area contributed by atoms with Crippen LogP contribution in [0.5, 0.6) is 0 Å². The lowest BCUT2D eigenvalue weighted by atomic mass is 10.1. The number of hydrogen-bond acceptors (Lipinski definition) is 2. The third-order valence-electron chi connectivity index (χ3n) is 1.94. The molecule has 0 heterocycles. The molecule has 0 spiro atoms. The van der Waals surface area contributed by atoms with E-state index in [1.165, 1.54) is 0 Å². The van der Waals surface area contributed by atoms with Crippen LogP contribution in [0.1, 0.15) is 24.2 Å². The van der Waals surface area contributed by atoms with Crippen molar-refractivity contribution in [1.29, 1.82) is 0 Å². The Morgan fingerprint density at radius 1 is 1.53 bits per heavy atom. The fourth-order valence-electron chi connectivity index (χ4n) is 1.12. The number of halogens is 1. The van der Waals surface area contributed by atoms with Gasteiger partial charge >= 0.3 is 0 Å². The van der Waals surface area contributed by atoms with Gasteiger partial charge in [-0.1, -0.05) is 31.5 Å². The zero-order valence-electron chi connectivity index (χ0n) is 8.88. The van der Waals surface area contributed by atoms with E-state index < -0.39 is 0 Å². The summed E-state index contributed by atoms with van der Waals surface area (Å²) < 4.78 is 0. The minimum atomic E-state index is -0.180. The first kappa shape index (κ1) is 11.9. The average Bonchev–Trinajstić information content (AvgIpc) is 2.18. The van der Waals surface area contributed by atoms with Crippen molar-refractivity contribution in [3.05, 3.63) is 28.8 Å². The molecular formula is C11H15ClN2O. The van der Waals surface area contributed by atoms with Gasteiger partial charge < -0.3 is 11.1 Å². The molecule has 0 fully saturated rings. The van der Waals surface area contributed by atoms with Gasteiger partial charge in [-0.2, -0.15) is 0 Å². The highest BCUT2D eigenvalue weighted by molar-refractivity contribution is 6.36. The van der Waals surface area contributed by atoms with E-state index in [0.717, 1.165) is 0 Å². The van der Waals surface area contributed by atoms with Gasteiger partial charge in [0.05, 0.1) is 16.3 Å². The summed E-state index contributed by atoms with van der Waals surface area (Å²) >= 11 is 5.92. The molecule has 0 saturated carbocycles. The third kappa shape index (κ3) is 3.13. The topological polar surface area (TPSA) is 55.1 Å². The Kier molecular flexibility index (Phi) is 3.97. The van der Waals surface area contributed by atoms with E-state index in [-0.39, 0.29) is 5.91 Å². The van der Waals surface area contributed by atoms with Gasteiger partial charge in [-0.3, -0.25) is 4.79 Å². The number of amides is 1. The van der Waals surface area contributed by atoms with E-state index in [1.807, 2.05) is 13.8 Å². The lowest BCUT2D eigenvalue weighted by molar-refractivity contribution is 0.0949. The molecule has 4 heteroatoms. The number of rotatable bonds is 3. The number of nitrogens with one attached hydrogen (secondary N) is 1. The quantitative estimate of drug-likeness (QED) is 0.778. The highest BCUT2D eigenvalue weighted by Crippen LogP contribution is 2.22. The summed E-state index contributed by atoms with van der Waals surface area (Å²) in [6.07, 6.45) is 0. The van der Waals surface area contributed by atoms with Crippen LogP contribution in [0.3, 0.4) is 0 Å². The summed E-state index contributed by atoms with van der Waals surface area (Å²) in [5.74, 6) is 0.231. The van der Waals surface area contributed by atoms with Crippen LogP contribution in [-0.4, -0.2) is 12.5 Å². The number of nitrogen functional groups attached to an aromatic ring is 1. The second kappa shape index (κ2) is 5.03. The molecule has 82 valence electrons. The van der Waals surface area contributed by atoms with Crippen molar-refractivity contribution in [1.82, 2.24) is 5.32 Å². The third-order valence-corrected chi connectivity index (χ3v) is 2.37. The number of anilines is 1. The summed E-state index contributed by atoms with van der Waals surface area (Å²) in [4.78, 5) is 11.7. The van der Waals surface area contributed by atoms with Crippen LogP contribution in [0, 0.1) is 5.92 Å². The molecule has 0 aliphatic carbocycles. The summed E-state index contributed by atoms with van der Waals surface area (Å²) in [5, 5.41) is 3.11. The molecule has 0 aromatic heterocycles. The standard InChI is InChI=1S/C11H15ClN2O/c1-7(2)6-14-11(15)8-4-3-5-9(13)10(8)12/h3-5,7H,6,13H2,1-2H3,(H,14,15). The Bertz CT molecular complexity index is 364. The maximum Gasteiger partial charge on any atom is 0.252 e. The van der Waals surface area contributed by atoms with Crippen molar-refractivity contribution in [2.24, 2.45) is 5.92 Å². The first-order chi connectivity index (χ1) is 7.02. The van der Waals surface area contributed by atoms with Crippen molar-refractivity contribution in [3.8, 4) is 0 Å². The molecule has 0 bridgehead atoms. The minimum Gasteiger partial charge on any atom is -0.398 e. The van der Waals surface area contributed by atoms with Gasteiger partial charge in [0, 0.05) is 6.54 Å². The zero-order chi connectivity index (χ0) is 11.4. The molecule has 1 rings (SSSR count). The Morgan fingerprint density at radius 2 is 2.20 bits per heavy atom. The van der Waals surface area contributed by atoms with E-state index in [0.29, 0.717) is 28.7 Å². The number of nitrogens with two attached hydrogens (primary N) is 1. The predicted octanol–water partition coefficient (Wildman–Crippen LogP) is 2.31. The van der Waals surface area contributed by atoms with Crippen molar-refractivity contribution < 1.29 is 4.79 Å². The van der Waals surface area contributed by atoms with Gasteiger partial charge in [0.15, 0.2) is 0 Å². The van der Waals surface area contributed by atoms with Crippen molar-refractivity contribution in [2.75, 3.05) is 12.3 Å². The Morgan fingerprint density at radius 3 is 2.80 bits per heavy atom. The molecule has 0 atom stereocenters. The van der Waals surface area contributed by atoms with Crippen molar-refractivity contribution in [2.45, 2.75) is 13.8 Å². The van der Waals surface area contributed by atoms with Crippen LogP contribution in [0.2, 0.25) is 5.02 Å². The molecule has 1 aromatic rings. The van der Waals surface area contributed by atoms with Crippen LogP contribution in [0.15, 0.2) is 18.2 Å². The lowest BCUT2D eigenvalue weighted by Gasteiger charge is -2.09. The molecule has 3 N–H and O–H groups in total. The molecule has 1 amide bonds. The fourth-order valence-corrected chi connectivity index (χ4v) is 1.33. The molecule has 0 saturated heterocycles. The second-order valence-corrected chi connectivity index (χ2v) is 4.19. The molecule has 15 heavy (non-hydrogen) atoms. The highest BCUT2D eigenvalue weighted by Gasteiger charge is 2.11. The van der Waals surface area contributed by atoms with Crippen LogP contribution >= 0.6 is 11.6 Å². The monoisotopic (exact) mass is 226 g/mol. The van der Waals surface area contributed by atoms with Crippen LogP contribution in [0.4, 0.5) is 5.69 Å². The second-order valence-electron chi connectivity index (χ2n) is 3.81. The molecule has 3 nitrogen and oxygen atoms in total. The van der Waals surface area contributed by atoms with E-state index in [4.69, 9.17) is 17.3 Å². The first-order valence-electron chi connectivity index (χ1n) is 4.84. The van der Waals surface area contributed by atoms with E-state index in [1.54, 1.807) is 18.2 Å². The molecular weight excluding hydrogens is 212 g/mol. The van der Waals surface area contributed by atoms with Crippen LogP contribution < -0.4 is 11.1 Å². The lowest BCUT2D eigenvalue weighted by Crippen LogP contribution is -2.27. The van der Waals surface area contributed by atoms with Gasteiger partial charge in [0.2, 0.25) is 0 Å². The smallest absolute Gasteiger partial charge is 0.252 e. The minimum absolute atomic E-state index is 0.180. The zero-order valence-corrected chi connectivity index (χ0v) is 9.64. The highest BCUT2D eigenvalue weighted by atomic mass is 35.5. The van der Waals surface area contributed by atoms with Gasteiger partial charge in [-0.15, -0.1) is 0 Å². The normalized spacial score (nSPS) is 10.4. The summed E-state index contributed by atoms with van der Waals surface area (Å²) in [6.45, 7) is 4.69. The van der Waals surface area contributed by atoms with Gasteiger partial charge in [0.25, 0.3) is 5.91 Å². The predicted molar refractivity (Wildman–Crippen MR) is 63.0 cm³/mol. The summed E-state index contributed by atoms with van der Waals surface area (Å²) in [5.41, 5.74) is 6.46. The Hall–Kier alpha value is -1.22.